The molecule has 4 atom stereocenters. The molecule has 0 aliphatic carbocycles. The van der Waals surface area contributed by atoms with Crippen molar-refractivity contribution < 1.29 is 24.5 Å². The first-order valence-electron chi connectivity index (χ1n) is 10.3. The Hall–Kier alpha value is -3.66. The second-order valence-electron chi connectivity index (χ2n) is 7.99. The van der Waals surface area contributed by atoms with Gasteiger partial charge in [0.15, 0.2) is 17.2 Å². The third-order valence-corrected chi connectivity index (χ3v) is 5.76. The molecule has 0 saturated carbocycles. The predicted octanol–water partition coefficient (Wildman–Crippen LogP) is 0.990. The monoisotopic (exact) mass is 450 g/mol. The highest BCUT2D eigenvalue weighted by atomic mass is 16.6. The zero-order valence-electron chi connectivity index (χ0n) is 17.7. The maximum atomic E-state index is 13.3. The molecule has 2 heterocycles. The number of benzene rings is 2. The Morgan fingerprint density at radius 1 is 1.06 bits per heavy atom. The van der Waals surface area contributed by atoms with E-state index in [1.54, 1.807) is 36.4 Å². The summed E-state index contributed by atoms with van der Waals surface area (Å²) >= 11 is 0. The van der Waals surface area contributed by atoms with Crippen molar-refractivity contribution in [3.05, 3.63) is 104 Å². The highest BCUT2D eigenvalue weighted by Crippen LogP contribution is 2.40. The summed E-state index contributed by atoms with van der Waals surface area (Å²) in [6, 6.07) is 15.8. The van der Waals surface area contributed by atoms with Crippen LogP contribution in [0.3, 0.4) is 0 Å². The van der Waals surface area contributed by atoms with E-state index >= 15 is 0 Å². The standard InChI is InChI=1S/C24H22N2O7/c1-14-13-26(23(31)25-22(14)30)17-12-24(32,20(29)16-10-6-3-7-11-16)21(33-17)19(28)18(27)15-8-4-2-5-9-15/h2-11,13,17,19,21,28,32H,12H2,1H3,(H,25,30,31)/t17-,19?,21-,24-/m1/s1. The van der Waals surface area contributed by atoms with Crippen LogP contribution in [0.1, 0.15) is 38.9 Å². The summed E-state index contributed by atoms with van der Waals surface area (Å²) in [5, 5.41) is 22.4. The molecule has 3 N–H and O–H groups in total. The van der Waals surface area contributed by atoms with Gasteiger partial charge in [-0.2, -0.15) is 0 Å². The summed E-state index contributed by atoms with van der Waals surface area (Å²) in [5.74, 6) is -1.50. The molecule has 2 aromatic carbocycles. The fourth-order valence-electron chi connectivity index (χ4n) is 3.98. The van der Waals surface area contributed by atoms with Crippen molar-refractivity contribution in [2.24, 2.45) is 0 Å². The Morgan fingerprint density at radius 2 is 1.64 bits per heavy atom. The van der Waals surface area contributed by atoms with E-state index in [-0.39, 0.29) is 16.7 Å². The number of rotatable bonds is 6. The van der Waals surface area contributed by atoms with Crippen molar-refractivity contribution in [2.45, 2.75) is 37.4 Å². The van der Waals surface area contributed by atoms with Crippen LogP contribution in [0.2, 0.25) is 0 Å². The van der Waals surface area contributed by atoms with Crippen LogP contribution in [-0.2, 0) is 4.74 Å². The second-order valence-corrected chi connectivity index (χ2v) is 7.99. The zero-order chi connectivity index (χ0) is 23.8. The molecule has 1 aliphatic heterocycles. The molecule has 3 aromatic rings. The largest absolute Gasteiger partial charge is 0.382 e. The first kappa shape index (κ1) is 22.5. The lowest BCUT2D eigenvalue weighted by Gasteiger charge is -2.29. The Bertz CT molecular complexity index is 1300. The van der Waals surface area contributed by atoms with Gasteiger partial charge < -0.3 is 14.9 Å². The molecular formula is C24H22N2O7. The summed E-state index contributed by atoms with van der Waals surface area (Å²) in [6.07, 6.45) is -3.95. The number of aliphatic hydroxyl groups is 2. The lowest BCUT2D eigenvalue weighted by Crippen LogP contribution is -2.53. The van der Waals surface area contributed by atoms with Crippen LogP contribution in [0.25, 0.3) is 0 Å². The van der Waals surface area contributed by atoms with Gasteiger partial charge in [-0.15, -0.1) is 0 Å². The van der Waals surface area contributed by atoms with Gasteiger partial charge in [0.1, 0.15) is 18.4 Å². The van der Waals surface area contributed by atoms with Gasteiger partial charge >= 0.3 is 5.69 Å². The van der Waals surface area contributed by atoms with Gasteiger partial charge in [0.2, 0.25) is 0 Å². The zero-order valence-corrected chi connectivity index (χ0v) is 17.7. The molecule has 1 aromatic heterocycles. The molecule has 0 bridgehead atoms. The number of carbonyl (C=O) groups excluding carboxylic acids is 2. The average molecular weight is 450 g/mol. The van der Waals surface area contributed by atoms with Crippen LogP contribution in [0.4, 0.5) is 0 Å². The minimum absolute atomic E-state index is 0.151. The van der Waals surface area contributed by atoms with E-state index in [4.69, 9.17) is 4.74 Å². The van der Waals surface area contributed by atoms with Crippen LogP contribution < -0.4 is 11.2 Å². The van der Waals surface area contributed by atoms with E-state index in [9.17, 15) is 29.4 Å². The maximum absolute atomic E-state index is 13.3. The number of carbonyl (C=O) groups is 2. The van der Waals surface area contributed by atoms with Crippen molar-refractivity contribution in [3.8, 4) is 0 Å². The molecule has 1 fully saturated rings. The number of hydrogen-bond donors (Lipinski definition) is 3. The molecule has 0 radical (unpaired) electrons. The van der Waals surface area contributed by atoms with Crippen molar-refractivity contribution in [3.63, 3.8) is 0 Å². The van der Waals surface area contributed by atoms with Gasteiger partial charge in [-0.1, -0.05) is 60.7 Å². The van der Waals surface area contributed by atoms with Crippen molar-refractivity contribution in [2.75, 3.05) is 0 Å². The average Bonchev–Trinajstić information content (AvgIpc) is 3.19. The van der Waals surface area contributed by atoms with Gasteiger partial charge in [-0.3, -0.25) is 23.9 Å². The number of nitrogens with zero attached hydrogens (tertiary/aromatic N) is 1. The smallest absolute Gasteiger partial charge is 0.330 e. The van der Waals surface area contributed by atoms with E-state index in [1.807, 2.05) is 0 Å². The van der Waals surface area contributed by atoms with E-state index in [2.05, 4.69) is 4.98 Å². The normalized spacial score (nSPS) is 23.2. The third-order valence-electron chi connectivity index (χ3n) is 5.76. The van der Waals surface area contributed by atoms with Gasteiger partial charge in [0.25, 0.3) is 5.56 Å². The summed E-state index contributed by atoms with van der Waals surface area (Å²) < 4.78 is 6.81. The first-order valence-corrected chi connectivity index (χ1v) is 10.3. The number of H-pyrrole nitrogens is 1. The highest BCUT2D eigenvalue weighted by molar-refractivity contribution is 6.05. The molecule has 9 nitrogen and oxygen atoms in total. The molecule has 0 amide bonds. The van der Waals surface area contributed by atoms with Crippen LogP contribution in [-0.4, -0.2) is 49.1 Å². The topological polar surface area (TPSA) is 139 Å². The number of nitrogens with one attached hydrogen (secondary N) is 1. The molecule has 1 unspecified atom stereocenters. The molecule has 1 saturated heterocycles. The van der Waals surface area contributed by atoms with E-state index in [1.165, 1.54) is 37.4 Å². The number of hydrogen-bond acceptors (Lipinski definition) is 7. The SMILES string of the molecule is Cc1cn([C@H]2C[C@@](O)(C(=O)c3ccccc3)[C@@H](C(O)C(=O)c3ccccc3)O2)c(=O)[nH]c1=O. The number of aliphatic hydroxyl groups excluding tert-OH is 1. The summed E-state index contributed by atoms with van der Waals surface area (Å²) in [7, 11) is 0. The Kier molecular flexibility index (Phi) is 5.94. The molecule has 33 heavy (non-hydrogen) atoms. The fraction of sp³-hybridized carbons (Fsp3) is 0.250. The molecule has 4 rings (SSSR count). The minimum atomic E-state index is -2.32. The van der Waals surface area contributed by atoms with Crippen LogP contribution in [0.15, 0.2) is 76.4 Å². The first-order chi connectivity index (χ1) is 15.7. The van der Waals surface area contributed by atoms with E-state index in [0.717, 1.165) is 4.57 Å². The Morgan fingerprint density at radius 3 is 2.24 bits per heavy atom. The van der Waals surface area contributed by atoms with Crippen LogP contribution in [0, 0.1) is 6.92 Å². The quantitative estimate of drug-likeness (QED) is 0.476. The lowest BCUT2D eigenvalue weighted by atomic mass is 9.82. The summed E-state index contributed by atoms with van der Waals surface area (Å²) in [5.41, 5.74) is -3.18. The molecule has 0 spiro atoms. The van der Waals surface area contributed by atoms with Crippen molar-refractivity contribution in [1.29, 1.82) is 0 Å². The Labute approximate surface area is 187 Å². The molecule has 9 heteroatoms. The second kappa shape index (κ2) is 8.70. The fourth-order valence-corrected chi connectivity index (χ4v) is 3.98. The third kappa shape index (κ3) is 4.09. The number of ketones is 2. The van der Waals surface area contributed by atoms with Crippen LogP contribution in [0.5, 0.6) is 0 Å². The van der Waals surface area contributed by atoms with Crippen molar-refractivity contribution >= 4 is 11.6 Å². The van der Waals surface area contributed by atoms with Gasteiger partial charge in [0.05, 0.1) is 0 Å². The number of Topliss-reactive ketones (excluding diaryl/α,β-unsaturated/α-hetero) is 2. The van der Waals surface area contributed by atoms with Crippen molar-refractivity contribution in [1.82, 2.24) is 9.55 Å². The number of ether oxygens (including phenoxy) is 1. The maximum Gasteiger partial charge on any atom is 0.330 e. The predicted molar refractivity (Wildman–Crippen MR) is 117 cm³/mol. The highest BCUT2D eigenvalue weighted by Gasteiger charge is 2.57. The van der Waals surface area contributed by atoms with Gasteiger partial charge in [-0.25, -0.2) is 4.79 Å². The number of aromatic amines is 1. The number of aryl methyl sites for hydroxylation is 1. The molecule has 170 valence electrons. The number of aromatic nitrogens is 2. The van der Waals surface area contributed by atoms with E-state index < -0.39 is 53.3 Å². The summed E-state index contributed by atoms with van der Waals surface area (Å²) in [6.45, 7) is 1.48. The molecule has 1 aliphatic rings. The van der Waals surface area contributed by atoms with E-state index in [0.29, 0.717) is 0 Å². The van der Waals surface area contributed by atoms with Gasteiger partial charge in [0, 0.05) is 29.3 Å². The Balaban J connectivity index is 1.77. The minimum Gasteiger partial charge on any atom is -0.382 e. The lowest BCUT2D eigenvalue weighted by molar-refractivity contribution is -0.0916. The summed E-state index contributed by atoms with van der Waals surface area (Å²) in [4.78, 5) is 52.5. The van der Waals surface area contributed by atoms with Crippen LogP contribution >= 0.6 is 0 Å². The molecular weight excluding hydrogens is 428 g/mol. The van der Waals surface area contributed by atoms with Gasteiger partial charge in [-0.05, 0) is 6.92 Å².